The van der Waals surface area contributed by atoms with Crippen molar-refractivity contribution in [2.75, 3.05) is 0 Å². The van der Waals surface area contributed by atoms with Gasteiger partial charge in [-0.05, 0) is 59.1 Å². The highest BCUT2D eigenvalue weighted by Gasteiger charge is 2.32. The van der Waals surface area contributed by atoms with Crippen molar-refractivity contribution in [2.45, 2.75) is 89.8 Å². The SMILES string of the molecule is CC(C)(C)c1ccc(CCC(=O)N(Cc2ccc(Cl)c(Cl)c2)[C@H](Cc2ccccc2)C(=O)NC2CCCC2)cc1. The average Bonchev–Trinajstić information content (AvgIpc) is 3.44. The Balaban J connectivity index is 1.60. The Bertz CT molecular complexity index is 1280. The topological polar surface area (TPSA) is 49.4 Å². The summed E-state index contributed by atoms with van der Waals surface area (Å²) in [6, 6.07) is 23.3. The molecule has 1 saturated carbocycles. The number of nitrogens with zero attached hydrogens (tertiary/aromatic N) is 1. The van der Waals surface area contributed by atoms with Gasteiger partial charge in [-0.2, -0.15) is 0 Å². The fraction of sp³-hybridized carbons (Fsp3) is 0.412. The van der Waals surface area contributed by atoms with Crippen molar-refractivity contribution < 1.29 is 9.59 Å². The minimum absolute atomic E-state index is 0.0616. The zero-order valence-electron chi connectivity index (χ0n) is 23.8. The molecule has 212 valence electrons. The van der Waals surface area contributed by atoms with Crippen LogP contribution in [0, 0.1) is 0 Å². The maximum Gasteiger partial charge on any atom is 0.243 e. The number of halogens is 2. The molecule has 1 aliphatic carbocycles. The van der Waals surface area contributed by atoms with Gasteiger partial charge in [0, 0.05) is 25.4 Å². The Labute approximate surface area is 249 Å². The number of benzene rings is 3. The second kappa shape index (κ2) is 13.7. The summed E-state index contributed by atoms with van der Waals surface area (Å²) in [4.78, 5) is 29.5. The lowest BCUT2D eigenvalue weighted by Gasteiger charge is -2.32. The van der Waals surface area contributed by atoms with Gasteiger partial charge < -0.3 is 10.2 Å². The summed E-state index contributed by atoms with van der Waals surface area (Å²) in [5.74, 6) is -0.160. The highest BCUT2D eigenvalue weighted by molar-refractivity contribution is 6.42. The molecular weight excluding hydrogens is 539 g/mol. The number of hydrogen-bond donors (Lipinski definition) is 1. The van der Waals surface area contributed by atoms with E-state index in [0.717, 1.165) is 42.4 Å². The maximum absolute atomic E-state index is 14.0. The number of carbonyl (C=O) groups is 2. The fourth-order valence-corrected chi connectivity index (χ4v) is 5.64. The second-order valence-corrected chi connectivity index (χ2v) is 12.7. The summed E-state index contributed by atoms with van der Waals surface area (Å²) in [6.07, 6.45) is 5.54. The largest absolute Gasteiger partial charge is 0.352 e. The molecule has 0 saturated heterocycles. The highest BCUT2D eigenvalue weighted by Crippen LogP contribution is 2.26. The summed E-state index contributed by atoms with van der Waals surface area (Å²) < 4.78 is 0. The zero-order valence-corrected chi connectivity index (χ0v) is 25.3. The minimum atomic E-state index is -0.645. The summed E-state index contributed by atoms with van der Waals surface area (Å²) in [7, 11) is 0. The predicted octanol–water partition coefficient (Wildman–Crippen LogP) is 7.92. The molecule has 1 fully saturated rings. The molecule has 0 unspecified atom stereocenters. The molecule has 3 aromatic carbocycles. The van der Waals surface area contributed by atoms with Crippen molar-refractivity contribution in [1.29, 1.82) is 0 Å². The Hall–Kier alpha value is -2.82. The van der Waals surface area contributed by atoms with Crippen molar-refractivity contribution in [3.63, 3.8) is 0 Å². The second-order valence-electron chi connectivity index (χ2n) is 11.9. The molecule has 0 spiro atoms. The highest BCUT2D eigenvalue weighted by atomic mass is 35.5. The Morgan fingerprint density at radius 2 is 1.52 bits per heavy atom. The molecule has 1 aliphatic rings. The Morgan fingerprint density at radius 1 is 0.875 bits per heavy atom. The lowest BCUT2D eigenvalue weighted by atomic mass is 9.86. The lowest BCUT2D eigenvalue weighted by molar-refractivity contribution is -0.141. The zero-order chi connectivity index (χ0) is 28.7. The molecule has 4 rings (SSSR count). The van der Waals surface area contributed by atoms with Gasteiger partial charge >= 0.3 is 0 Å². The third kappa shape index (κ3) is 8.34. The first kappa shape index (κ1) is 30.1. The van der Waals surface area contributed by atoms with Gasteiger partial charge in [0.15, 0.2) is 0 Å². The summed E-state index contributed by atoms with van der Waals surface area (Å²) in [5.41, 5.74) is 4.28. The molecule has 40 heavy (non-hydrogen) atoms. The van der Waals surface area contributed by atoms with E-state index in [0.29, 0.717) is 29.3 Å². The predicted molar refractivity (Wildman–Crippen MR) is 165 cm³/mol. The van der Waals surface area contributed by atoms with Crippen LogP contribution in [0.3, 0.4) is 0 Å². The molecule has 0 heterocycles. The maximum atomic E-state index is 14.0. The van der Waals surface area contributed by atoms with Gasteiger partial charge in [-0.3, -0.25) is 9.59 Å². The smallest absolute Gasteiger partial charge is 0.243 e. The van der Waals surface area contributed by atoms with Gasteiger partial charge in [-0.15, -0.1) is 0 Å². The number of carbonyl (C=O) groups excluding carboxylic acids is 2. The van der Waals surface area contributed by atoms with Gasteiger partial charge in [0.05, 0.1) is 10.0 Å². The van der Waals surface area contributed by atoms with E-state index in [1.807, 2.05) is 36.4 Å². The van der Waals surface area contributed by atoms with Crippen molar-refractivity contribution in [3.05, 3.63) is 105 Å². The number of nitrogens with one attached hydrogen (secondary N) is 1. The van der Waals surface area contributed by atoms with Gasteiger partial charge in [0.2, 0.25) is 11.8 Å². The number of hydrogen-bond acceptors (Lipinski definition) is 2. The van der Waals surface area contributed by atoms with E-state index < -0.39 is 6.04 Å². The van der Waals surface area contributed by atoms with Crippen molar-refractivity contribution >= 4 is 35.0 Å². The van der Waals surface area contributed by atoms with Crippen LogP contribution < -0.4 is 5.32 Å². The number of amides is 2. The third-order valence-corrected chi connectivity index (χ3v) is 8.50. The molecule has 1 N–H and O–H groups in total. The fourth-order valence-electron chi connectivity index (χ4n) is 5.32. The monoisotopic (exact) mass is 578 g/mol. The van der Waals surface area contributed by atoms with E-state index in [4.69, 9.17) is 23.2 Å². The van der Waals surface area contributed by atoms with Gasteiger partial charge in [-0.25, -0.2) is 0 Å². The van der Waals surface area contributed by atoms with Crippen LogP contribution in [0.2, 0.25) is 10.0 Å². The van der Waals surface area contributed by atoms with E-state index in [2.05, 4.69) is 50.4 Å². The van der Waals surface area contributed by atoms with Crippen molar-refractivity contribution in [3.8, 4) is 0 Å². The molecule has 0 bridgehead atoms. The van der Waals surface area contributed by atoms with Gasteiger partial charge in [0.1, 0.15) is 6.04 Å². The molecule has 4 nitrogen and oxygen atoms in total. The molecule has 6 heteroatoms. The standard InChI is InChI=1S/C34H40Cl2N2O2/c1-34(2,3)27-17-13-24(14-18-27)16-20-32(39)38(23-26-15-19-29(35)30(36)21-26)31(22-25-9-5-4-6-10-25)33(40)37-28-11-7-8-12-28/h4-6,9-10,13-15,17-19,21,28,31H,7-8,11-12,16,20,22-23H2,1-3H3,(H,37,40)/t31-/m1/s1. The molecule has 0 aromatic heterocycles. The first-order valence-electron chi connectivity index (χ1n) is 14.3. The summed E-state index contributed by atoms with van der Waals surface area (Å²) in [5, 5.41) is 4.15. The molecule has 0 radical (unpaired) electrons. The van der Waals surface area contributed by atoms with E-state index >= 15 is 0 Å². The Morgan fingerprint density at radius 3 is 2.15 bits per heavy atom. The molecular formula is C34H40Cl2N2O2. The van der Waals surface area contributed by atoms with Crippen molar-refractivity contribution in [1.82, 2.24) is 10.2 Å². The van der Waals surface area contributed by atoms with Crippen LogP contribution in [0.15, 0.2) is 72.8 Å². The lowest BCUT2D eigenvalue weighted by Crippen LogP contribution is -2.52. The van der Waals surface area contributed by atoms with Crippen LogP contribution in [0.5, 0.6) is 0 Å². The van der Waals surface area contributed by atoms with Gasteiger partial charge in [0.25, 0.3) is 0 Å². The average molecular weight is 580 g/mol. The molecule has 0 aliphatic heterocycles. The molecule has 2 amide bonds. The first-order chi connectivity index (χ1) is 19.1. The summed E-state index contributed by atoms with van der Waals surface area (Å²) >= 11 is 12.5. The number of rotatable bonds is 10. The van der Waals surface area contributed by atoms with Crippen LogP contribution in [-0.4, -0.2) is 28.8 Å². The van der Waals surface area contributed by atoms with Crippen LogP contribution >= 0.6 is 23.2 Å². The van der Waals surface area contributed by atoms with Crippen LogP contribution in [0.4, 0.5) is 0 Å². The first-order valence-corrected chi connectivity index (χ1v) is 15.0. The number of aryl methyl sites for hydroxylation is 1. The molecule has 1 atom stereocenters. The van der Waals surface area contributed by atoms with Crippen LogP contribution in [0.1, 0.15) is 75.1 Å². The normalized spacial score (nSPS) is 14.6. The van der Waals surface area contributed by atoms with Gasteiger partial charge in [-0.1, -0.05) is 117 Å². The summed E-state index contributed by atoms with van der Waals surface area (Å²) in [6.45, 7) is 6.84. The van der Waals surface area contributed by atoms with Crippen LogP contribution in [-0.2, 0) is 34.4 Å². The molecule has 3 aromatic rings. The quantitative estimate of drug-likeness (QED) is 0.265. The third-order valence-electron chi connectivity index (χ3n) is 7.76. The van der Waals surface area contributed by atoms with E-state index in [9.17, 15) is 9.59 Å². The van der Waals surface area contributed by atoms with Crippen LogP contribution in [0.25, 0.3) is 0 Å². The van der Waals surface area contributed by atoms with Crippen molar-refractivity contribution in [2.24, 2.45) is 0 Å². The Kier molecular flexibility index (Phi) is 10.3. The van der Waals surface area contributed by atoms with E-state index in [-0.39, 0.29) is 29.8 Å². The van der Waals surface area contributed by atoms with E-state index in [1.54, 1.807) is 17.0 Å². The van der Waals surface area contributed by atoms with E-state index in [1.165, 1.54) is 5.56 Å². The minimum Gasteiger partial charge on any atom is -0.352 e.